The van der Waals surface area contributed by atoms with E-state index in [-0.39, 0.29) is 6.01 Å². The zero-order valence-electron chi connectivity index (χ0n) is 10.8. The summed E-state index contributed by atoms with van der Waals surface area (Å²) in [5, 5.41) is 0. The molecule has 0 saturated carbocycles. The van der Waals surface area contributed by atoms with Gasteiger partial charge < -0.3 is 14.2 Å². The van der Waals surface area contributed by atoms with E-state index in [4.69, 9.17) is 14.2 Å². The van der Waals surface area contributed by atoms with Crippen LogP contribution in [-0.4, -0.2) is 24.2 Å². The van der Waals surface area contributed by atoms with Crippen LogP contribution < -0.4 is 14.2 Å². The van der Waals surface area contributed by atoms with Gasteiger partial charge in [-0.25, -0.2) is 4.98 Å². The topological polar surface area (TPSA) is 53.5 Å². The molecule has 0 amide bonds. The number of nitrogens with zero attached hydrogens (tertiary/aromatic N) is 2. The van der Waals surface area contributed by atoms with Crippen LogP contribution in [0.1, 0.15) is 5.56 Å². The van der Waals surface area contributed by atoms with Gasteiger partial charge in [0.25, 0.3) is 0 Å². The van der Waals surface area contributed by atoms with Crippen molar-refractivity contribution in [1.29, 1.82) is 0 Å². The normalized spacial score (nSPS) is 10.1. The highest BCUT2D eigenvalue weighted by Gasteiger charge is 2.10. The van der Waals surface area contributed by atoms with Crippen LogP contribution in [-0.2, 0) is 0 Å². The van der Waals surface area contributed by atoms with E-state index in [0.717, 1.165) is 5.56 Å². The molecule has 0 bridgehead atoms. The number of methoxy groups -OCH3 is 2. The number of benzene rings is 1. The van der Waals surface area contributed by atoms with Crippen LogP contribution in [0.25, 0.3) is 0 Å². The van der Waals surface area contributed by atoms with Crippen molar-refractivity contribution in [2.45, 2.75) is 6.92 Å². The Hall–Kier alpha value is -1.82. The Bertz CT molecular complexity index is 590. The lowest BCUT2D eigenvalue weighted by Crippen LogP contribution is -1.97. The van der Waals surface area contributed by atoms with Gasteiger partial charge in [-0.15, -0.1) is 0 Å². The van der Waals surface area contributed by atoms with Gasteiger partial charge in [0.1, 0.15) is 0 Å². The minimum Gasteiger partial charge on any atom is -0.493 e. The SMILES string of the molecule is COc1cc(C)ccc1Oc1ncc(Br)c(OC)n1. The first-order valence-electron chi connectivity index (χ1n) is 5.53. The fraction of sp³-hybridized carbons (Fsp3) is 0.231. The van der Waals surface area contributed by atoms with E-state index >= 15 is 0 Å². The van der Waals surface area contributed by atoms with Gasteiger partial charge in [0, 0.05) is 0 Å². The molecule has 0 aliphatic heterocycles. The third-order valence-electron chi connectivity index (χ3n) is 2.40. The number of hydrogen-bond donors (Lipinski definition) is 0. The first-order valence-corrected chi connectivity index (χ1v) is 6.32. The third kappa shape index (κ3) is 3.14. The average Bonchev–Trinajstić information content (AvgIpc) is 2.42. The molecule has 0 unspecified atom stereocenters. The molecule has 6 heteroatoms. The molecule has 100 valence electrons. The lowest BCUT2D eigenvalue weighted by Gasteiger charge is -2.10. The summed E-state index contributed by atoms with van der Waals surface area (Å²) in [5.74, 6) is 1.60. The molecule has 1 heterocycles. The third-order valence-corrected chi connectivity index (χ3v) is 2.95. The summed E-state index contributed by atoms with van der Waals surface area (Å²) in [6, 6.07) is 5.81. The Morgan fingerprint density at radius 3 is 2.58 bits per heavy atom. The van der Waals surface area contributed by atoms with Crippen LogP contribution >= 0.6 is 15.9 Å². The van der Waals surface area contributed by atoms with E-state index < -0.39 is 0 Å². The van der Waals surface area contributed by atoms with Crippen LogP contribution in [0, 0.1) is 6.92 Å². The molecule has 1 aromatic carbocycles. The molecule has 0 aliphatic carbocycles. The highest BCUT2D eigenvalue weighted by atomic mass is 79.9. The number of halogens is 1. The molecule has 1 aromatic heterocycles. The largest absolute Gasteiger partial charge is 0.493 e. The Morgan fingerprint density at radius 2 is 1.89 bits per heavy atom. The minimum atomic E-state index is 0.196. The minimum absolute atomic E-state index is 0.196. The van der Waals surface area contributed by atoms with Crippen molar-refractivity contribution in [3.05, 3.63) is 34.4 Å². The molecule has 0 radical (unpaired) electrons. The monoisotopic (exact) mass is 324 g/mol. The molecule has 5 nitrogen and oxygen atoms in total. The van der Waals surface area contributed by atoms with E-state index in [1.807, 2.05) is 25.1 Å². The Balaban J connectivity index is 2.30. The zero-order valence-corrected chi connectivity index (χ0v) is 12.4. The van der Waals surface area contributed by atoms with Gasteiger partial charge in [-0.1, -0.05) is 6.07 Å². The predicted octanol–water partition coefficient (Wildman–Crippen LogP) is 3.36. The van der Waals surface area contributed by atoms with Gasteiger partial charge in [-0.2, -0.15) is 4.98 Å². The summed E-state index contributed by atoms with van der Waals surface area (Å²) in [7, 11) is 3.12. The van der Waals surface area contributed by atoms with Crippen molar-refractivity contribution in [1.82, 2.24) is 9.97 Å². The second-order valence-electron chi connectivity index (χ2n) is 3.77. The van der Waals surface area contributed by atoms with Crippen LogP contribution in [0.3, 0.4) is 0 Å². The molecule has 0 aliphatic rings. The van der Waals surface area contributed by atoms with Gasteiger partial charge in [0.15, 0.2) is 11.5 Å². The van der Waals surface area contributed by atoms with Crippen LogP contribution in [0.2, 0.25) is 0 Å². The van der Waals surface area contributed by atoms with E-state index in [1.165, 1.54) is 7.11 Å². The molecule has 0 N–H and O–H groups in total. The molecule has 2 rings (SSSR count). The van der Waals surface area contributed by atoms with Crippen LogP contribution in [0.15, 0.2) is 28.9 Å². The van der Waals surface area contributed by atoms with Crippen molar-refractivity contribution in [3.8, 4) is 23.4 Å². The van der Waals surface area contributed by atoms with Gasteiger partial charge in [0.05, 0.1) is 24.9 Å². The van der Waals surface area contributed by atoms with Gasteiger partial charge >= 0.3 is 6.01 Å². The lowest BCUT2D eigenvalue weighted by molar-refractivity contribution is 0.353. The standard InChI is InChI=1S/C13H13BrN2O3/c1-8-4-5-10(11(6-8)17-2)19-13-15-7-9(14)12(16-13)18-3/h4-7H,1-3H3. The molecule has 0 fully saturated rings. The van der Waals surface area contributed by atoms with E-state index in [2.05, 4.69) is 25.9 Å². The first kappa shape index (κ1) is 13.6. The highest BCUT2D eigenvalue weighted by molar-refractivity contribution is 9.10. The molecule has 0 saturated heterocycles. The van der Waals surface area contributed by atoms with Crippen molar-refractivity contribution in [3.63, 3.8) is 0 Å². The summed E-state index contributed by atoms with van der Waals surface area (Å²) in [5.41, 5.74) is 1.08. The van der Waals surface area contributed by atoms with E-state index in [9.17, 15) is 0 Å². The van der Waals surface area contributed by atoms with E-state index in [1.54, 1.807) is 13.3 Å². The number of aryl methyl sites for hydroxylation is 1. The number of rotatable bonds is 4. The summed E-state index contributed by atoms with van der Waals surface area (Å²) in [6.07, 6.45) is 1.57. The number of hydrogen-bond acceptors (Lipinski definition) is 5. The summed E-state index contributed by atoms with van der Waals surface area (Å²) in [4.78, 5) is 8.19. The molecular formula is C13H13BrN2O3. The summed E-state index contributed by atoms with van der Waals surface area (Å²) in [6.45, 7) is 1.98. The average molecular weight is 325 g/mol. The van der Waals surface area contributed by atoms with Crippen LogP contribution in [0.4, 0.5) is 0 Å². The molecule has 2 aromatic rings. The van der Waals surface area contributed by atoms with Gasteiger partial charge in [-0.05, 0) is 40.5 Å². The maximum Gasteiger partial charge on any atom is 0.325 e. The Morgan fingerprint density at radius 1 is 1.11 bits per heavy atom. The van der Waals surface area contributed by atoms with Crippen LogP contribution in [0.5, 0.6) is 23.4 Å². The molecule has 0 spiro atoms. The maximum absolute atomic E-state index is 5.60. The second-order valence-corrected chi connectivity index (χ2v) is 4.62. The van der Waals surface area contributed by atoms with Crippen molar-refractivity contribution in [2.75, 3.05) is 14.2 Å². The Labute approximate surface area is 119 Å². The fourth-order valence-corrected chi connectivity index (χ4v) is 1.84. The van der Waals surface area contributed by atoms with Gasteiger partial charge in [0.2, 0.25) is 5.88 Å². The highest BCUT2D eigenvalue weighted by Crippen LogP contribution is 2.32. The zero-order chi connectivity index (χ0) is 13.8. The number of aromatic nitrogens is 2. The second kappa shape index (κ2) is 5.88. The first-order chi connectivity index (χ1) is 9.13. The van der Waals surface area contributed by atoms with E-state index in [0.29, 0.717) is 21.9 Å². The fourth-order valence-electron chi connectivity index (χ4n) is 1.49. The lowest BCUT2D eigenvalue weighted by atomic mass is 10.2. The Kier molecular flexibility index (Phi) is 4.21. The molecule has 0 atom stereocenters. The predicted molar refractivity (Wildman–Crippen MR) is 74.1 cm³/mol. The van der Waals surface area contributed by atoms with Gasteiger partial charge in [-0.3, -0.25) is 0 Å². The van der Waals surface area contributed by atoms with Crippen molar-refractivity contribution < 1.29 is 14.2 Å². The summed E-state index contributed by atoms with van der Waals surface area (Å²) >= 11 is 3.28. The number of ether oxygens (including phenoxy) is 3. The maximum atomic E-state index is 5.60. The van der Waals surface area contributed by atoms with Crippen molar-refractivity contribution >= 4 is 15.9 Å². The van der Waals surface area contributed by atoms with Crippen molar-refractivity contribution in [2.24, 2.45) is 0 Å². The molecular weight excluding hydrogens is 312 g/mol. The summed E-state index contributed by atoms with van der Waals surface area (Å²) < 4.78 is 16.6. The molecule has 19 heavy (non-hydrogen) atoms. The smallest absolute Gasteiger partial charge is 0.325 e. The quantitative estimate of drug-likeness (QED) is 0.863.